The van der Waals surface area contributed by atoms with E-state index in [1.165, 1.54) is 4.90 Å². The summed E-state index contributed by atoms with van der Waals surface area (Å²) >= 11 is 0. The number of carbonyl (C=O) groups is 3. The largest absolute Gasteiger partial charge is 0.481 e. The quantitative estimate of drug-likeness (QED) is 0.649. The van der Waals surface area contributed by atoms with E-state index in [-0.39, 0.29) is 18.7 Å². The first kappa shape index (κ1) is 16.6. The minimum atomic E-state index is -0.983. The Labute approximate surface area is 122 Å². The third kappa shape index (κ3) is 5.23. The summed E-state index contributed by atoms with van der Waals surface area (Å²) in [7, 11) is 1.59. The van der Waals surface area contributed by atoms with E-state index in [2.05, 4.69) is 0 Å². The van der Waals surface area contributed by atoms with Gasteiger partial charge in [0.2, 0.25) is 11.8 Å². The fourth-order valence-electron chi connectivity index (χ4n) is 1.81. The number of amides is 2. The number of hydrogen-bond donors (Lipinski definition) is 3. The number of carbonyl (C=O) groups excluding carboxylic acids is 2. The lowest BCUT2D eigenvalue weighted by atomic mass is 10.1. The second kappa shape index (κ2) is 7.39. The number of primary amides is 1. The molecule has 0 spiro atoms. The molecule has 7 nitrogen and oxygen atoms in total. The monoisotopic (exact) mass is 293 g/mol. The first-order valence-corrected chi connectivity index (χ1v) is 6.42. The molecule has 1 unspecified atom stereocenters. The van der Waals surface area contributed by atoms with E-state index in [1.54, 1.807) is 31.3 Å². The molecule has 0 aliphatic heterocycles. The minimum absolute atomic E-state index is 0.0963. The number of nitrogens with zero attached hydrogens (tertiary/aromatic N) is 1. The highest BCUT2D eigenvalue weighted by Gasteiger charge is 2.19. The van der Waals surface area contributed by atoms with Gasteiger partial charge in [0.1, 0.15) is 0 Å². The zero-order valence-corrected chi connectivity index (χ0v) is 11.8. The summed E-state index contributed by atoms with van der Waals surface area (Å²) in [5.41, 5.74) is 12.0. The first-order valence-electron chi connectivity index (χ1n) is 6.42. The molecule has 0 aliphatic carbocycles. The van der Waals surface area contributed by atoms with E-state index in [9.17, 15) is 14.4 Å². The zero-order valence-electron chi connectivity index (χ0n) is 11.8. The van der Waals surface area contributed by atoms with Crippen LogP contribution in [0.3, 0.4) is 0 Å². The Hall–Kier alpha value is -2.41. The summed E-state index contributed by atoms with van der Waals surface area (Å²) in [6.07, 6.45) is -0.0484. The maximum atomic E-state index is 12.0. The lowest BCUT2D eigenvalue weighted by Crippen LogP contribution is -2.41. The number of hydrogen-bond acceptors (Lipinski definition) is 4. The van der Waals surface area contributed by atoms with E-state index in [4.69, 9.17) is 16.6 Å². The number of carboxylic acids is 1. The zero-order chi connectivity index (χ0) is 16.0. The van der Waals surface area contributed by atoms with Crippen molar-refractivity contribution in [1.29, 1.82) is 0 Å². The Morgan fingerprint density at radius 3 is 2.29 bits per heavy atom. The molecular weight excluding hydrogens is 274 g/mol. The van der Waals surface area contributed by atoms with Gasteiger partial charge in [-0.1, -0.05) is 12.1 Å². The van der Waals surface area contributed by atoms with Crippen molar-refractivity contribution in [3.8, 4) is 0 Å². The van der Waals surface area contributed by atoms with Crippen LogP contribution in [0.15, 0.2) is 24.3 Å². The Bertz CT molecular complexity index is 528. The Balaban J connectivity index is 2.58. The summed E-state index contributed by atoms with van der Waals surface area (Å²) in [5.74, 6) is -1.82. The van der Waals surface area contributed by atoms with Crippen LogP contribution in [0.4, 0.5) is 0 Å². The topological polar surface area (TPSA) is 127 Å². The van der Waals surface area contributed by atoms with Gasteiger partial charge in [0.05, 0.1) is 6.04 Å². The van der Waals surface area contributed by atoms with Gasteiger partial charge in [0.15, 0.2) is 0 Å². The molecule has 0 saturated heterocycles. The number of rotatable bonds is 7. The summed E-state index contributed by atoms with van der Waals surface area (Å²) < 4.78 is 0. The van der Waals surface area contributed by atoms with Crippen LogP contribution in [0.1, 0.15) is 28.8 Å². The Morgan fingerprint density at radius 1 is 1.24 bits per heavy atom. The van der Waals surface area contributed by atoms with Gasteiger partial charge in [0, 0.05) is 25.6 Å². The Morgan fingerprint density at radius 2 is 1.81 bits per heavy atom. The van der Waals surface area contributed by atoms with Crippen molar-refractivity contribution in [3.63, 3.8) is 0 Å². The predicted octanol–water partition coefficient (Wildman–Crippen LogP) is -0.0640. The van der Waals surface area contributed by atoms with Crippen LogP contribution in [-0.4, -0.2) is 40.9 Å². The highest BCUT2D eigenvalue weighted by atomic mass is 16.4. The second-order valence-corrected chi connectivity index (χ2v) is 4.79. The molecule has 1 atom stereocenters. The molecule has 5 N–H and O–H groups in total. The van der Waals surface area contributed by atoms with Gasteiger partial charge in [0.25, 0.3) is 0 Å². The normalized spacial score (nSPS) is 11.7. The van der Waals surface area contributed by atoms with Gasteiger partial charge in [-0.25, -0.2) is 0 Å². The molecule has 0 aromatic heterocycles. The molecule has 0 aliphatic rings. The molecule has 0 radical (unpaired) electrons. The van der Waals surface area contributed by atoms with Crippen LogP contribution in [-0.2, 0) is 16.1 Å². The van der Waals surface area contributed by atoms with Crippen molar-refractivity contribution < 1.29 is 19.5 Å². The molecule has 0 heterocycles. The predicted molar refractivity (Wildman–Crippen MR) is 76.3 cm³/mol. The van der Waals surface area contributed by atoms with E-state index >= 15 is 0 Å². The summed E-state index contributed by atoms with van der Waals surface area (Å²) in [5, 5.41) is 8.57. The van der Waals surface area contributed by atoms with Crippen LogP contribution >= 0.6 is 0 Å². The number of carboxylic acid groups (broad SMARTS) is 1. The maximum absolute atomic E-state index is 12.0. The highest BCUT2D eigenvalue weighted by Crippen LogP contribution is 2.08. The van der Waals surface area contributed by atoms with Crippen LogP contribution in [0.5, 0.6) is 0 Å². The standard InChI is InChI=1S/C14H19N3O4/c1-17(14(21)11(15)6-7-12(18)19)8-9-2-4-10(5-3-9)13(16)20/h2-5,11H,6-8,15H2,1H3,(H2,16,20)(H,18,19). The van der Waals surface area contributed by atoms with Crippen molar-refractivity contribution in [2.45, 2.75) is 25.4 Å². The summed E-state index contributed by atoms with van der Waals surface area (Å²) in [6, 6.07) is 5.73. The van der Waals surface area contributed by atoms with E-state index in [0.717, 1.165) is 5.56 Å². The number of likely N-dealkylation sites (N-methyl/N-ethyl adjacent to an activating group) is 1. The van der Waals surface area contributed by atoms with Gasteiger partial charge < -0.3 is 21.5 Å². The third-order valence-electron chi connectivity index (χ3n) is 3.02. The third-order valence-corrected chi connectivity index (χ3v) is 3.02. The van der Waals surface area contributed by atoms with Crippen molar-refractivity contribution in [2.24, 2.45) is 11.5 Å². The number of benzene rings is 1. The lowest BCUT2D eigenvalue weighted by molar-refractivity contribution is -0.137. The smallest absolute Gasteiger partial charge is 0.303 e. The van der Waals surface area contributed by atoms with Crippen LogP contribution < -0.4 is 11.5 Å². The molecule has 21 heavy (non-hydrogen) atoms. The maximum Gasteiger partial charge on any atom is 0.303 e. The van der Waals surface area contributed by atoms with Crippen LogP contribution in [0.2, 0.25) is 0 Å². The van der Waals surface area contributed by atoms with Gasteiger partial charge in [-0.3, -0.25) is 14.4 Å². The van der Waals surface area contributed by atoms with Crippen LogP contribution in [0, 0.1) is 0 Å². The number of aliphatic carboxylic acids is 1. The fourth-order valence-corrected chi connectivity index (χ4v) is 1.81. The van der Waals surface area contributed by atoms with Crippen molar-refractivity contribution in [1.82, 2.24) is 4.90 Å². The molecule has 1 aromatic rings. The SMILES string of the molecule is CN(Cc1ccc(C(N)=O)cc1)C(=O)C(N)CCC(=O)O. The van der Waals surface area contributed by atoms with E-state index < -0.39 is 17.9 Å². The molecule has 1 rings (SSSR count). The second-order valence-electron chi connectivity index (χ2n) is 4.79. The lowest BCUT2D eigenvalue weighted by Gasteiger charge is -2.21. The van der Waals surface area contributed by atoms with Crippen molar-refractivity contribution >= 4 is 17.8 Å². The molecule has 1 aromatic carbocycles. The fraction of sp³-hybridized carbons (Fsp3) is 0.357. The van der Waals surface area contributed by atoms with Gasteiger partial charge in [-0.05, 0) is 24.1 Å². The van der Waals surface area contributed by atoms with Crippen molar-refractivity contribution in [3.05, 3.63) is 35.4 Å². The number of nitrogens with two attached hydrogens (primary N) is 2. The first-order chi connectivity index (χ1) is 9.81. The van der Waals surface area contributed by atoms with Crippen LogP contribution in [0.25, 0.3) is 0 Å². The molecule has 114 valence electrons. The molecule has 0 saturated carbocycles. The van der Waals surface area contributed by atoms with Gasteiger partial charge in [-0.15, -0.1) is 0 Å². The average Bonchev–Trinajstić information content (AvgIpc) is 2.44. The molecule has 7 heteroatoms. The average molecular weight is 293 g/mol. The Kier molecular flexibility index (Phi) is 5.86. The molecule has 2 amide bonds. The summed E-state index contributed by atoms with van der Waals surface area (Å²) in [4.78, 5) is 34.8. The van der Waals surface area contributed by atoms with E-state index in [1.807, 2.05) is 0 Å². The molecule has 0 fully saturated rings. The molecular formula is C14H19N3O4. The molecule has 0 bridgehead atoms. The van der Waals surface area contributed by atoms with Crippen molar-refractivity contribution in [2.75, 3.05) is 7.05 Å². The van der Waals surface area contributed by atoms with Gasteiger partial charge >= 0.3 is 5.97 Å². The highest BCUT2D eigenvalue weighted by molar-refractivity contribution is 5.92. The minimum Gasteiger partial charge on any atom is -0.481 e. The van der Waals surface area contributed by atoms with Gasteiger partial charge in [-0.2, -0.15) is 0 Å². The summed E-state index contributed by atoms with van der Waals surface area (Å²) in [6.45, 7) is 0.318. The van der Waals surface area contributed by atoms with E-state index in [0.29, 0.717) is 12.1 Å².